The molecule has 0 saturated heterocycles. The van der Waals surface area contributed by atoms with Gasteiger partial charge in [0.2, 0.25) is 0 Å². The fraction of sp³-hybridized carbons (Fsp3) is 0.214. The Morgan fingerprint density at radius 3 is 2.03 bits per heavy atom. The first-order valence-corrected chi connectivity index (χ1v) is 10.5. The van der Waals surface area contributed by atoms with Crippen molar-refractivity contribution in [2.24, 2.45) is 0 Å². The van der Waals surface area contributed by atoms with E-state index in [1.165, 1.54) is 5.56 Å². The van der Waals surface area contributed by atoms with E-state index in [1.807, 2.05) is 42.5 Å². The summed E-state index contributed by atoms with van der Waals surface area (Å²) in [4.78, 5) is 0. The van der Waals surface area contributed by atoms with Crippen LogP contribution >= 0.6 is 0 Å². The molecule has 1 nitrogen and oxygen atoms in total. The van der Waals surface area contributed by atoms with Gasteiger partial charge in [-0.2, -0.15) is 0 Å². The van der Waals surface area contributed by atoms with Crippen molar-refractivity contribution in [2.45, 2.75) is 38.7 Å². The Hall–Kier alpha value is -2.97. The molecule has 0 bridgehead atoms. The summed E-state index contributed by atoms with van der Waals surface area (Å²) in [7, 11) is 0. The molecule has 1 unspecified atom stereocenters. The van der Waals surface area contributed by atoms with E-state index < -0.39 is 0 Å². The summed E-state index contributed by atoms with van der Waals surface area (Å²) in [5, 5.41) is 9.28. The Labute approximate surface area is 179 Å². The minimum atomic E-state index is -0.280. The number of allylic oxidation sites excluding steroid dienone is 2. The largest absolute Gasteiger partial charge is 0.393 e. The number of hydrogen-bond acceptors (Lipinski definition) is 1. The number of unbranched alkanes of at least 4 members (excludes halogenated alkanes) is 1. The summed E-state index contributed by atoms with van der Waals surface area (Å²) in [6.07, 6.45) is 8.78. The summed E-state index contributed by atoms with van der Waals surface area (Å²) in [5.41, 5.74) is 6.00. The van der Waals surface area contributed by atoms with Crippen LogP contribution in [-0.4, -0.2) is 11.2 Å². The van der Waals surface area contributed by atoms with E-state index in [-0.39, 0.29) is 11.9 Å². The number of rotatable bonds is 9. The van der Waals surface area contributed by atoms with E-state index in [1.54, 1.807) is 13.0 Å². The molecule has 1 N–H and O–H groups in total. The lowest BCUT2D eigenvalue weighted by molar-refractivity contribution is 0.182. The molecule has 0 radical (unpaired) electrons. The van der Waals surface area contributed by atoms with Crippen LogP contribution in [0.15, 0.2) is 85.5 Å². The van der Waals surface area contributed by atoms with Gasteiger partial charge in [-0.3, -0.25) is 0 Å². The molecular weight excluding hydrogens is 371 g/mol. The molecule has 0 aliphatic heterocycles. The first-order chi connectivity index (χ1) is 14.6. The highest BCUT2D eigenvalue weighted by Crippen LogP contribution is 2.27. The van der Waals surface area contributed by atoms with Gasteiger partial charge in [-0.25, -0.2) is 4.39 Å². The van der Waals surface area contributed by atoms with Crippen molar-refractivity contribution < 1.29 is 9.50 Å². The lowest BCUT2D eigenvalue weighted by Gasteiger charge is -2.07. The molecular formula is C28H29FO. The number of aliphatic hydroxyl groups excluding tert-OH is 1. The summed E-state index contributed by atoms with van der Waals surface area (Å²) in [6.45, 7) is 5.56. The molecule has 0 aromatic heterocycles. The van der Waals surface area contributed by atoms with Gasteiger partial charge >= 0.3 is 0 Å². The second-order valence-electron chi connectivity index (χ2n) is 7.69. The zero-order chi connectivity index (χ0) is 21.3. The average molecular weight is 401 g/mol. The molecule has 2 heteroatoms. The molecule has 0 fully saturated rings. The maximum atomic E-state index is 14.5. The molecule has 3 aromatic rings. The summed E-state index contributed by atoms with van der Waals surface area (Å²) >= 11 is 0. The fourth-order valence-electron chi connectivity index (χ4n) is 3.44. The van der Waals surface area contributed by atoms with E-state index >= 15 is 0 Å². The van der Waals surface area contributed by atoms with Gasteiger partial charge in [0.15, 0.2) is 0 Å². The molecule has 154 valence electrons. The SMILES string of the molecule is C=CCc1ccc(-c2ccc(-c3ccc(C=CCCCC(C)O)c(F)c3)cc2)cc1. The summed E-state index contributed by atoms with van der Waals surface area (Å²) in [6, 6.07) is 22.1. The maximum Gasteiger partial charge on any atom is 0.131 e. The standard InChI is InChI=1S/C28H29FO/c1-3-7-22-10-12-23(13-11-22)24-14-16-25(17-15-24)27-19-18-26(28(29)20-27)9-6-4-5-8-21(2)30/h3,6,9-21,30H,1,4-5,7-8H2,2H3. The first-order valence-electron chi connectivity index (χ1n) is 10.5. The monoisotopic (exact) mass is 400 g/mol. The third kappa shape index (κ3) is 6.01. The van der Waals surface area contributed by atoms with E-state index in [9.17, 15) is 9.50 Å². The smallest absolute Gasteiger partial charge is 0.131 e. The second kappa shape index (κ2) is 10.7. The Bertz CT molecular complexity index is 982. The maximum absolute atomic E-state index is 14.5. The molecule has 0 aliphatic rings. The Morgan fingerprint density at radius 2 is 1.47 bits per heavy atom. The van der Waals surface area contributed by atoms with Crippen LogP contribution in [0.3, 0.4) is 0 Å². The van der Waals surface area contributed by atoms with Crippen molar-refractivity contribution in [1.82, 2.24) is 0 Å². The topological polar surface area (TPSA) is 20.2 Å². The van der Waals surface area contributed by atoms with Crippen molar-refractivity contribution in [3.05, 3.63) is 102 Å². The highest BCUT2D eigenvalue weighted by molar-refractivity contribution is 5.71. The summed E-state index contributed by atoms with van der Waals surface area (Å²) < 4.78 is 14.5. The van der Waals surface area contributed by atoms with Gasteiger partial charge in [0, 0.05) is 5.56 Å². The predicted molar refractivity (Wildman–Crippen MR) is 126 cm³/mol. The second-order valence-corrected chi connectivity index (χ2v) is 7.69. The molecule has 0 saturated carbocycles. The number of benzene rings is 3. The average Bonchev–Trinajstić information content (AvgIpc) is 2.75. The van der Waals surface area contributed by atoms with Crippen LogP contribution in [0.2, 0.25) is 0 Å². The Morgan fingerprint density at radius 1 is 0.900 bits per heavy atom. The molecule has 0 amide bonds. The molecule has 0 aliphatic carbocycles. The number of hydrogen-bond donors (Lipinski definition) is 1. The van der Waals surface area contributed by atoms with E-state index in [2.05, 4.69) is 43.0 Å². The van der Waals surface area contributed by atoms with Crippen molar-refractivity contribution in [3.8, 4) is 22.3 Å². The van der Waals surface area contributed by atoms with Gasteiger partial charge in [0.25, 0.3) is 0 Å². The molecule has 0 heterocycles. The normalized spacial score (nSPS) is 12.2. The minimum absolute atomic E-state index is 0.221. The molecule has 30 heavy (non-hydrogen) atoms. The lowest BCUT2D eigenvalue weighted by Crippen LogP contribution is -1.97. The number of aliphatic hydroxyl groups is 1. The van der Waals surface area contributed by atoms with Gasteiger partial charge in [0.05, 0.1) is 6.10 Å². The van der Waals surface area contributed by atoms with Gasteiger partial charge in [-0.05, 0) is 66.5 Å². The highest BCUT2D eigenvalue weighted by Gasteiger charge is 2.05. The van der Waals surface area contributed by atoms with E-state index in [0.29, 0.717) is 5.56 Å². The van der Waals surface area contributed by atoms with Gasteiger partial charge in [-0.15, -0.1) is 6.58 Å². The van der Waals surface area contributed by atoms with Crippen molar-refractivity contribution in [1.29, 1.82) is 0 Å². The third-order valence-corrected chi connectivity index (χ3v) is 5.18. The zero-order valence-corrected chi connectivity index (χ0v) is 17.5. The summed E-state index contributed by atoms with van der Waals surface area (Å²) in [5.74, 6) is -0.221. The molecule has 0 spiro atoms. The molecule has 1 atom stereocenters. The molecule has 3 rings (SSSR count). The van der Waals surface area contributed by atoms with Crippen LogP contribution in [0.5, 0.6) is 0 Å². The van der Waals surface area contributed by atoms with E-state index in [0.717, 1.165) is 47.9 Å². The van der Waals surface area contributed by atoms with Gasteiger partial charge in [0.1, 0.15) is 5.82 Å². The number of halogens is 1. The van der Waals surface area contributed by atoms with Crippen LogP contribution < -0.4 is 0 Å². The van der Waals surface area contributed by atoms with Crippen LogP contribution in [0.1, 0.15) is 37.3 Å². The molecule has 3 aromatic carbocycles. The third-order valence-electron chi connectivity index (χ3n) is 5.18. The van der Waals surface area contributed by atoms with Crippen LogP contribution in [0.4, 0.5) is 4.39 Å². The van der Waals surface area contributed by atoms with E-state index in [4.69, 9.17) is 0 Å². The minimum Gasteiger partial charge on any atom is -0.393 e. The first kappa shape index (κ1) is 21.7. The van der Waals surface area contributed by atoms with Gasteiger partial charge in [-0.1, -0.05) is 78.9 Å². The quantitative estimate of drug-likeness (QED) is 0.292. The fourth-order valence-corrected chi connectivity index (χ4v) is 3.44. The highest BCUT2D eigenvalue weighted by atomic mass is 19.1. The van der Waals surface area contributed by atoms with Gasteiger partial charge < -0.3 is 5.11 Å². The van der Waals surface area contributed by atoms with Crippen molar-refractivity contribution >= 4 is 6.08 Å². The lowest BCUT2D eigenvalue weighted by atomic mass is 9.98. The van der Waals surface area contributed by atoms with Crippen LogP contribution in [0, 0.1) is 5.82 Å². The van der Waals surface area contributed by atoms with Crippen LogP contribution in [0.25, 0.3) is 28.3 Å². The van der Waals surface area contributed by atoms with Crippen molar-refractivity contribution in [3.63, 3.8) is 0 Å². The zero-order valence-electron chi connectivity index (χ0n) is 17.5. The Kier molecular flexibility index (Phi) is 7.75. The van der Waals surface area contributed by atoms with Crippen LogP contribution in [-0.2, 0) is 6.42 Å². The predicted octanol–water partition coefficient (Wildman–Crippen LogP) is 7.45. The Balaban J connectivity index is 1.68. The van der Waals surface area contributed by atoms with Crippen molar-refractivity contribution in [2.75, 3.05) is 0 Å².